The largest absolute Gasteiger partial charge is 0.460 e. The zero-order valence-corrected chi connectivity index (χ0v) is 23.4. The topological polar surface area (TPSA) is 40.5 Å². The van der Waals surface area contributed by atoms with Crippen molar-refractivity contribution >= 4 is 0 Å². The van der Waals surface area contributed by atoms with Gasteiger partial charge in [-0.25, -0.2) is 0 Å². The van der Waals surface area contributed by atoms with Crippen LogP contribution >= 0.6 is 0 Å². The molecule has 0 heterocycles. The highest BCUT2D eigenvalue weighted by molar-refractivity contribution is 5.21. The molecule has 0 bridgehead atoms. The average molecular weight is 894 g/mol. The van der Waals surface area contributed by atoms with E-state index >= 15 is 0 Å². The molecule has 1 atom stereocenters. The predicted molar refractivity (Wildman–Crippen MR) is 97.7 cm³/mol. The summed E-state index contributed by atoms with van der Waals surface area (Å²) in [6.45, 7) is 0. The zero-order chi connectivity index (χ0) is 45.0. The van der Waals surface area contributed by atoms with Gasteiger partial charge in [0.15, 0.2) is 0 Å². The van der Waals surface area contributed by atoms with Crippen molar-refractivity contribution in [2.45, 2.75) is 114 Å². The fourth-order valence-corrected chi connectivity index (χ4v) is 3.29. The summed E-state index contributed by atoms with van der Waals surface area (Å²) in [7, 11) is 0. The van der Waals surface area contributed by atoms with E-state index in [9.17, 15) is 145 Å². The Morgan fingerprint density at radius 2 is 0.426 bits per heavy atom. The number of aliphatic hydroxyl groups excluding tert-OH is 1. The fraction of sp³-hybridized carbons (Fsp3) is 1.00. The smallest absolute Gasteiger partial charge is 0.393 e. The van der Waals surface area contributed by atoms with E-state index in [1.54, 1.807) is 0 Å². The van der Waals surface area contributed by atoms with Crippen molar-refractivity contribution in [3.05, 3.63) is 0 Å². The summed E-state index contributed by atoms with van der Waals surface area (Å²) in [5, 5.41) is 16.5. The fourth-order valence-electron chi connectivity index (χ4n) is 3.29. The molecule has 35 heteroatoms. The van der Waals surface area contributed by atoms with E-state index in [0.29, 0.717) is 0 Å². The van der Waals surface area contributed by atoms with Gasteiger partial charge in [0.05, 0.1) is 6.10 Å². The minimum absolute atomic E-state index is 3.54. The molecule has 2 nitrogen and oxygen atoms in total. The second-order valence-electron chi connectivity index (χ2n) is 10.4. The number of alkyl halides is 33. The van der Waals surface area contributed by atoms with Crippen LogP contribution in [0.3, 0.4) is 0 Å². The van der Waals surface area contributed by atoms with Crippen LogP contribution in [0.1, 0.15) is 12.8 Å². The lowest BCUT2D eigenvalue weighted by Crippen LogP contribution is -2.79. The normalized spacial score (nSPS) is 17.6. The maximum atomic E-state index is 13.9. The Morgan fingerprint density at radius 3 is 0.611 bits per heavy atom. The Hall–Kier alpha value is -2.39. The number of hydrogen-bond donors (Lipinski definition) is 2. The van der Waals surface area contributed by atoms with Crippen molar-refractivity contribution in [3.8, 4) is 0 Å². The third-order valence-electron chi connectivity index (χ3n) is 6.58. The first-order valence-corrected chi connectivity index (χ1v) is 11.7. The van der Waals surface area contributed by atoms with E-state index in [1.165, 1.54) is 0 Å². The highest BCUT2D eigenvalue weighted by Crippen LogP contribution is 2.69. The molecule has 2 N–H and O–H groups in total. The molecule has 0 aliphatic rings. The van der Waals surface area contributed by atoms with Crippen molar-refractivity contribution < 1.29 is 155 Å². The van der Waals surface area contributed by atoms with Gasteiger partial charge >= 0.3 is 95.2 Å². The van der Waals surface area contributed by atoms with Gasteiger partial charge in [-0.05, 0) is 0 Å². The SMILES string of the molecule is OC(CC(F)(F)C(O)(F)F)CC(F)(F)C(F)(F)C(F)(F)C(F)(F)C(F)(F)C(F)(F)C(F)(F)C(F)(F)C(F)(F)C(F)(F)C(F)(F)C(F)(F)C(F)(F)C(F)(F)F. The molecule has 0 radical (unpaired) electrons. The number of halogens is 33. The molecule has 0 saturated heterocycles. The van der Waals surface area contributed by atoms with E-state index in [2.05, 4.69) is 0 Å². The van der Waals surface area contributed by atoms with Crippen LogP contribution in [-0.4, -0.2) is 112 Å². The van der Waals surface area contributed by atoms with Crippen molar-refractivity contribution in [1.82, 2.24) is 0 Å². The van der Waals surface area contributed by atoms with Crippen molar-refractivity contribution in [2.24, 2.45) is 0 Å². The summed E-state index contributed by atoms with van der Waals surface area (Å²) in [6.07, 6.45) is -27.0. The van der Waals surface area contributed by atoms with E-state index < -0.39 is 114 Å². The van der Waals surface area contributed by atoms with Gasteiger partial charge in [0.25, 0.3) is 0 Å². The van der Waals surface area contributed by atoms with Crippen LogP contribution in [-0.2, 0) is 0 Å². The van der Waals surface area contributed by atoms with Crippen LogP contribution in [0, 0.1) is 0 Å². The summed E-state index contributed by atoms with van der Waals surface area (Å²) in [6, 6.07) is 0. The van der Waals surface area contributed by atoms with Crippen LogP contribution in [0.2, 0.25) is 0 Å². The minimum Gasteiger partial charge on any atom is -0.393 e. The summed E-state index contributed by atoms with van der Waals surface area (Å²) >= 11 is 0. The number of aliphatic hydroxyl groups is 2. The van der Waals surface area contributed by atoms with Gasteiger partial charge in [-0.3, -0.25) is 0 Å². The monoisotopic (exact) mass is 894 g/mol. The Morgan fingerprint density at radius 1 is 0.259 bits per heavy atom. The lowest BCUT2D eigenvalue weighted by molar-refractivity contribution is -0.487. The maximum absolute atomic E-state index is 13.9. The van der Waals surface area contributed by atoms with Crippen molar-refractivity contribution in [1.29, 1.82) is 0 Å². The summed E-state index contributed by atoms with van der Waals surface area (Å²) < 4.78 is 441. The van der Waals surface area contributed by atoms with Gasteiger partial charge in [0.1, 0.15) is 0 Å². The molecule has 0 rings (SSSR count). The minimum atomic E-state index is -10.1. The molecule has 0 spiro atoms. The molecular weight excluding hydrogens is 887 g/mol. The van der Waals surface area contributed by atoms with E-state index in [-0.39, 0.29) is 0 Å². The zero-order valence-electron chi connectivity index (χ0n) is 23.4. The second kappa shape index (κ2) is 12.8. The maximum Gasteiger partial charge on any atom is 0.460 e. The van der Waals surface area contributed by atoms with Crippen LogP contribution in [0.15, 0.2) is 0 Å². The number of hydrogen-bond acceptors (Lipinski definition) is 2. The highest BCUT2D eigenvalue weighted by Gasteiger charge is 3.00. The van der Waals surface area contributed by atoms with Gasteiger partial charge in [-0.2, -0.15) is 145 Å². The molecule has 1 unspecified atom stereocenters. The summed E-state index contributed by atoms with van der Waals surface area (Å²) in [5.41, 5.74) is 0. The third-order valence-corrected chi connectivity index (χ3v) is 6.58. The van der Waals surface area contributed by atoms with E-state index in [1.807, 2.05) is 0 Å². The van der Waals surface area contributed by atoms with Gasteiger partial charge in [0, 0.05) is 12.8 Å². The van der Waals surface area contributed by atoms with Gasteiger partial charge < -0.3 is 10.2 Å². The molecule has 0 aromatic rings. The third kappa shape index (κ3) is 6.57. The summed E-state index contributed by atoms with van der Waals surface area (Å²) in [5.74, 6) is -130. The highest BCUT2D eigenvalue weighted by atomic mass is 19.4. The van der Waals surface area contributed by atoms with E-state index in [4.69, 9.17) is 10.2 Å². The van der Waals surface area contributed by atoms with Crippen molar-refractivity contribution in [3.63, 3.8) is 0 Å². The number of rotatable bonds is 17. The van der Waals surface area contributed by atoms with Crippen LogP contribution < -0.4 is 0 Å². The van der Waals surface area contributed by atoms with Gasteiger partial charge in [-0.15, -0.1) is 0 Å². The molecular formula is C19H7F33O2. The first kappa shape index (κ1) is 51.6. The second-order valence-corrected chi connectivity index (χ2v) is 10.4. The molecule has 0 fully saturated rings. The first-order valence-electron chi connectivity index (χ1n) is 11.7. The molecule has 0 aliphatic heterocycles. The van der Waals surface area contributed by atoms with Crippen LogP contribution in [0.4, 0.5) is 145 Å². The predicted octanol–water partition coefficient (Wildman–Crippen LogP) is 10.2. The standard InChI is InChI=1S/C19H7F33O2/c20-4(21,1-3(53)2-5(22,23)19(51,52)54)6(24,25)7(26,27)8(28,29)9(30,31)10(32,33)11(34,35)12(36,37)13(38,39)14(40,41)15(42,43)16(44,45)17(46,47)18(48,49)50/h3,53-54H,1-2H2. The lowest BCUT2D eigenvalue weighted by Gasteiger charge is -2.46. The average Bonchev–Trinajstić information content (AvgIpc) is 2.89. The molecule has 0 aromatic heterocycles. The Kier molecular flexibility index (Phi) is 12.2. The van der Waals surface area contributed by atoms with Gasteiger partial charge in [0.2, 0.25) is 0 Å². The van der Waals surface area contributed by atoms with E-state index in [0.717, 1.165) is 0 Å². The Bertz CT molecular complexity index is 1330. The first-order chi connectivity index (χ1) is 22.6. The quantitative estimate of drug-likeness (QED) is 0.143. The Balaban J connectivity index is 7.42. The molecule has 0 aliphatic carbocycles. The molecule has 326 valence electrons. The summed E-state index contributed by atoms with van der Waals surface area (Å²) in [4.78, 5) is 0. The van der Waals surface area contributed by atoms with Gasteiger partial charge in [-0.1, -0.05) is 0 Å². The van der Waals surface area contributed by atoms with Crippen LogP contribution in [0.5, 0.6) is 0 Å². The molecule has 0 aromatic carbocycles. The van der Waals surface area contributed by atoms with Crippen molar-refractivity contribution in [2.75, 3.05) is 0 Å². The lowest BCUT2D eigenvalue weighted by atomic mass is 9.83. The molecule has 54 heavy (non-hydrogen) atoms. The van der Waals surface area contributed by atoms with Crippen LogP contribution in [0.25, 0.3) is 0 Å². The molecule has 0 amide bonds. The molecule has 0 saturated carbocycles. The Labute approximate surface area is 270 Å².